The van der Waals surface area contributed by atoms with Gasteiger partial charge in [0, 0.05) is 18.8 Å². The van der Waals surface area contributed by atoms with Crippen molar-refractivity contribution in [2.45, 2.75) is 20.4 Å². The third kappa shape index (κ3) is 3.34. The van der Waals surface area contributed by atoms with Crippen LogP contribution in [0, 0.1) is 6.92 Å². The molecule has 0 bridgehead atoms. The lowest BCUT2D eigenvalue weighted by molar-refractivity contribution is 0.100. The molecule has 0 radical (unpaired) electrons. The Balaban J connectivity index is 2.40. The third-order valence-electron chi connectivity index (χ3n) is 3.56. The number of amides is 1. The lowest BCUT2D eigenvalue weighted by Gasteiger charge is -2.26. The predicted molar refractivity (Wildman–Crippen MR) is 87.3 cm³/mol. The number of hydrogen-bond donors (Lipinski definition) is 2. The van der Waals surface area contributed by atoms with Crippen LogP contribution in [0.3, 0.4) is 0 Å². The number of nitrogen functional groups attached to an aromatic ring is 1. The smallest absolute Gasteiger partial charge is 0.250 e. The van der Waals surface area contributed by atoms with Crippen molar-refractivity contribution >= 4 is 17.3 Å². The molecular weight excluding hydrogens is 262 g/mol. The molecule has 4 nitrogen and oxygen atoms in total. The van der Waals surface area contributed by atoms with Crippen molar-refractivity contribution < 1.29 is 4.79 Å². The van der Waals surface area contributed by atoms with Gasteiger partial charge >= 0.3 is 0 Å². The number of carbonyl (C=O) groups is 1. The predicted octanol–water partition coefficient (Wildman–Crippen LogP) is 2.70. The zero-order chi connectivity index (χ0) is 15.4. The normalized spacial score (nSPS) is 10.4. The van der Waals surface area contributed by atoms with Gasteiger partial charge in [-0.2, -0.15) is 0 Å². The third-order valence-corrected chi connectivity index (χ3v) is 3.56. The molecule has 0 fully saturated rings. The Morgan fingerprint density at radius 2 is 1.90 bits per heavy atom. The minimum Gasteiger partial charge on any atom is -0.398 e. The van der Waals surface area contributed by atoms with Crippen molar-refractivity contribution in [1.82, 2.24) is 0 Å². The first kappa shape index (κ1) is 14.9. The molecule has 0 unspecified atom stereocenters. The number of primary amides is 1. The van der Waals surface area contributed by atoms with E-state index in [-0.39, 0.29) is 0 Å². The Hall–Kier alpha value is -2.49. The highest BCUT2D eigenvalue weighted by Crippen LogP contribution is 2.25. The summed E-state index contributed by atoms with van der Waals surface area (Å²) in [5.74, 6) is -0.413. The molecule has 2 aromatic carbocycles. The number of benzene rings is 2. The van der Waals surface area contributed by atoms with Crippen LogP contribution >= 0.6 is 0 Å². The van der Waals surface area contributed by atoms with Crippen molar-refractivity contribution in [3.8, 4) is 0 Å². The van der Waals surface area contributed by atoms with Crippen molar-refractivity contribution in [1.29, 1.82) is 0 Å². The molecule has 0 aromatic heterocycles. The fourth-order valence-corrected chi connectivity index (χ4v) is 2.36. The van der Waals surface area contributed by atoms with Crippen molar-refractivity contribution in [3.63, 3.8) is 0 Å². The molecule has 0 heterocycles. The average Bonchev–Trinajstić information content (AvgIpc) is 2.46. The van der Waals surface area contributed by atoms with Gasteiger partial charge in [0.2, 0.25) is 0 Å². The Morgan fingerprint density at radius 1 is 1.19 bits per heavy atom. The molecular formula is C17H21N3O. The van der Waals surface area contributed by atoms with Crippen LogP contribution in [0.15, 0.2) is 42.5 Å². The summed E-state index contributed by atoms with van der Waals surface area (Å²) in [4.78, 5) is 13.8. The van der Waals surface area contributed by atoms with Crippen molar-refractivity contribution in [2.75, 3.05) is 17.2 Å². The van der Waals surface area contributed by atoms with Gasteiger partial charge < -0.3 is 16.4 Å². The molecule has 0 saturated heterocycles. The molecule has 21 heavy (non-hydrogen) atoms. The minimum atomic E-state index is -0.413. The van der Waals surface area contributed by atoms with Crippen LogP contribution in [0.25, 0.3) is 0 Å². The molecule has 0 saturated carbocycles. The van der Waals surface area contributed by atoms with E-state index in [0.29, 0.717) is 12.1 Å². The highest BCUT2D eigenvalue weighted by Gasteiger charge is 2.15. The molecule has 110 valence electrons. The van der Waals surface area contributed by atoms with Crippen LogP contribution in [-0.2, 0) is 6.54 Å². The standard InChI is InChI=1S/C17H21N3O/c1-3-20(11-13-6-4-5-7-15(13)18)16-10-12(2)8-9-14(16)17(19)21/h4-10H,3,11,18H2,1-2H3,(H2,19,21). The number of nitrogens with two attached hydrogens (primary N) is 2. The van der Waals surface area contributed by atoms with Crippen LogP contribution in [0.2, 0.25) is 0 Å². The number of carbonyl (C=O) groups excluding carboxylic acids is 1. The number of rotatable bonds is 5. The number of anilines is 2. The second-order valence-corrected chi connectivity index (χ2v) is 5.10. The van der Waals surface area contributed by atoms with E-state index >= 15 is 0 Å². The van der Waals surface area contributed by atoms with Gasteiger partial charge in [-0.3, -0.25) is 4.79 Å². The SMILES string of the molecule is CCN(Cc1ccccc1N)c1cc(C)ccc1C(N)=O. The van der Waals surface area contributed by atoms with E-state index < -0.39 is 5.91 Å². The zero-order valence-electron chi connectivity index (χ0n) is 12.5. The summed E-state index contributed by atoms with van der Waals surface area (Å²) in [6.45, 7) is 5.45. The highest BCUT2D eigenvalue weighted by molar-refractivity contribution is 5.98. The second kappa shape index (κ2) is 6.31. The Morgan fingerprint density at radius 3 is 2.52 bits per heavy atom. The van der Waals surface area contributed by atoms with Crippen LogP contribution < -0.4 is 16.4 Å². The topological polar surface area (TPSA) is 72.3 Å². The maximum Gasteiger partial charge on any atom is 0.250 e. The molecule has 0 aliphatic rings. The monoisotopic (exact) mass is 283 g/mol. The Labute approximate surface area is 125 Å². The van der Waals surface area contributed by atoms with Gasteiger partial charge in [-0.05, 0) is 43.2 Å². The first-order valence-corrected chi connectivity index (χ1v) is 7.01. The summed E-state index contributed by atoms with van der Waals surface area (Å²) in [6, 6.07) is 13.4. The van der Waals surface area contributed by atoms with Crippen LogP contribution in [0.1, 0.15) is 28.4 Å². The van der Waals surface area contributed by atoms with Gasteiger partial charge in [-0.15, -0.1) is 0 Å². The van der Waals surface area contributed by atoms with Crippen LogP contribution in [0.5, 0.6) is 0 Å². The van der Waals surface area contributed by atoms with Crippen LogP contribution in [-0.4, -0.2) is 12.5 Å². The minimum absolute atomic E-state index is 0.413. The Kier molecular flexibility index (Phi) is 4.48. The molecule has 4 heteroatoms. The van der Waals surface area contributed by atoms with E-state index in [2.05, 4.69) is 4.90 Å². The average molecular weight is 283 g/mol. The van der Waals surface area contributed by atoms with Gasteiger partial charge in [0.25, 0.3) is 5.91 Å². The molecule has 2 aromatic rings. The van der Waals surface area contributed by atoms with E-state index in [1.807, 2.05) is 50.2 Å². The molecule has 4 N–H and O–H groups in total. The molecule has 0 aliphatic carbocycles. The number of aryl methyl sites for hydroxylation is 1. The fraction of sp³-hybridized carbons (Fsp3) is 0.235. The van der Waals surface area contributed by atoms with E-state index in [1.165, 1.54) is 0 Å². The summed E-state index contributed by atoms with van der Waals surface area (Å²) in [6.07, 6.45) is 0. The van der Waals surface area contributed by atoms with Crippen molar-refractivity contribution in [2.24, 2.45) is 5.73 Å². The Bertz CT molecular complexity index is 652. The van der Waals surface area contributed by atoms with Gasteiger partial charge in [0.05, 0.1) is 11.3 Å². The summed E-state index contributed by atoms with van der Waals surface area (Å²) in [7, 11) is 0. The van der Waals surface area contributed by atoms with Gasteiger partial charge in [0.15, 0.2) is 0 Å². The molecule has 0 spiro atoms. The van der Waals surface area contributed by atoms with Crippen molar-refractivity contribution in [3.05, 3.63) is 59.2 Å². The van der Waals surface area contributed by atoms with Gasteiger partial charge in [-0.25, -0.2) is 0 Å². The summed E-state index contributed by atoms with van der Waals surface area (Å²) < 4.78 is 0. The van der Waals surface area contributed by atoms with E-state index in [0.717, 1.165) is 29.0 Å². The summed E-state index contributed by atoms with van der Waals surface area (Å²) >= 11 is 0. The van der Waals surface area contributed by atoms with Gasteiger partial charge in [0.1, 0.15) is 0 Å². The number of nitrogens with zero attached hydrogens (tertiary/aromatic N) is 1. The summed E-state index contributed by atoms with van der Waals surface area (Å²) in [5.41, 5.74) is 15.8. The maximum atomic E-state index is 11.6. The molecule has 0 atom stereocenters. The second-order valence-electron chi connectivity index (χ2n) is 5.10. The van der Waals surface area contributed by atoms with Gasteiger partial charge in [-0.1, -0.05) is 24.3 Å². The first-order valence-electron chi connectivity index (χ1n) is 7.01. The molecule has 0 aliphatic heterocycles. The first-order chi connectivity index (χ1) is 10.0. The quantitative estimate of drug-likeness (QED) is 0.829. The lowest BCUT2D eigenvalue weighted by Crippen LogP contribution is -2.26. The summed E-state index contributed by atoms with van der Waals surface area (Å²) in [5, 5.41) is 0. The fourth-order valence-electron chi connectivity index (χ4n) is 2.36. The van der Waals surface area contributed by atoms with Crippen LogP contribution in [0.4, 0.5) is 11.4 Å². The molecule has 1 amide bonds. The largest absolute Gasteiger partial charge is 0.398 e. The number of hydrogen-bond acceptors (Lipinski definition) is 3. The molecule has 2 rings (SSSR count). The highest BCUT2D eigenvalue weighted by atomic mass is 16.1. The van der Waals surface area contributed by atoms with E-state index in [1.54, 1.807) is 6.07 Å². The lowest BCUT2D eigenvalue weighted by atomic mass is 10.1. The number of para-hydroxylation sites is 1. The zero-order valence-corrected chi connectivity index (χ0v) is 12.5. The van der Waals surface area contributed by atoms with E-state index in [9.17, 15) is 4.79 Å². The van der Waals surface area contributed by atoms with E-state index in [4.69, 9.17) is 11.5 Å². The maximum absolute atomic E-state index is 11.6.